The maximum atomic E-state index is 12.8. The maximum absolute atomic E-state index is 12.8. The fourth-order valence-corrected chi connectivity index (χ4v) is 4.23. The number of aliphatic carboxylic acids is 1. The van der Waals surface area contributed by atoms with Gasteiger partial charge in [0.15, 0.2) is 0 Å². The molecule has 0 radical (unpaired) electrons. The monoisotopic (exact) mass is 452 g/mol. The van der Waals surface area contributed by atoms with Crippen LogP contribution in [0, 0.1) is 11.8 Å². The Bertz CT molecular complexity index is 974. The first-order valence-electron chi connectivity index (χ1n) is 11.4. The van der Waals surface area contributed by atoms with Gasteiger partial charge in [0.05, 0.1) is 0 Å². The van der Waals surface area contributed by atoms with Crippen LogP contribution in [-0.4, -0.2) is 41.8 Å². The van der Waals surface area contributed by atoms with Gasteiger partial charge in [-0.05, 0) is 34.1 Å². The minimum atomic E-state index is -1.10. The summed E-state index contributed by atoms with van der Waals surface area (Å²) in [6.45, 7) is 7.33. The second-order valence-electron chi connectivity index (χ2n) is 8.90. The number of carboxylic acids is 1. The fourth-order valence-electron chi connectivity index (χ4n) is 4.23. The predicted octanol–water partition coefficient (Wildman–Crippen LogP) is 4.17. The SMILES string of the molecule is CCC(C)[C@H](NC(=O)C(NC(=O)OCC1c2ccccc2-c2ccccc21)C(C)C)C(=O)O. The number of ether oxygens (including phenoxy) is 1. The lowest BCUT2D eigenvalue weighted by atomic mass is 9.97. The molecule has 176 valence electrons. The first-order chi connectivity index (χ1) is 15.7. The zero-order chi connectivity index (χ0) is 24.1. The highest BCUT2D eigenvalue weighted by Crippen LogP contribution is 2.44. The van der Waals surface area contributed by atoms with Crippen LogP contribution >= 0.6 is 0 Å². The molecular weight excluding hydrogens is 420 g/mol. The van der Waals surface area contributed by atoms with Gasteiger partial charge in [-0.2, -0.15) is 0 Å². The molecule has 3 atom stereocenters. The van der Waals surface area contributed by atoms with Crippen molar-refractivity contribution < 1.29 is 24.2 Å². The van der Waals surface area contributed by atoms with Crippen molar-refractivity contribution >= 4 is 18.0 Å². The minimum absolute atomic E-state index is 0.0868. The number of carbonyl (C=O) groups is 3. The molecule has 2 aromatic carbocycles. The van der Waals surface area contributed by atoms with E-state index in [1.165, 1.54) is 0 Å². The zero-order valence-electron chi connectivity index (χ0n) is 19.5. The number of alkyl carbamates (subject to hydrolysis) is 1. The molecule has 3 N–H and O–H groups in total. The van der Waals surface area contributed by atoms with E-state index in [0.717, 1.165) is 22.3 Å². The molecule has 3 rings (SSSR count). The van der Waals surface area contributed by atoms with E-state index in [-0.39, 0.29) is 24.4 Å². The molecule has 7 heteroatoms. The quantitative estimate of drug-likeness (QED) is 0.530. The molecule has 2 unspecified atom stereocenters. The van der Waals surface area contributed by atoms with Crippen molar-refractivity contribution in [2.45, 2.75) is 52.1 Å². The number of amides is 2. The topological polar surface area (TPSA) is 105 Å². The van der Waals surface area contributed by atoms with Gasteiger partial charge in [-0.3, -0.25) is 4.79 Å². The second kappa shape index (κ2) is 10.5. The van der Waals surface area contributed by atoms with E-state index in [1.54, 1.807) is 20.8 Å². The van der Waals surface area contributed by atoms with Gasteiger partial charge in [-0.15, -0.1) is 0 Å². The van der Waals surface area contributed by atoms with E-state index >= 15 is 0 Å². The van der Waals surface area contributed by atoms with Gasteiger partial charge in [0.2, 0.25) is 5.91 Å². The van der Waals surface area contributed by atoms with E-state index in [9.17, 15) is 19.5 Å². The summed E-state index contributed by atoms with van der Waals surface area (Å²) in [6, 6.07) is 14.2. The zero-order valence-corrected chi connectivity index (χ0v) is 19.5. The van der Waals surface area contributed by atoms with E-state index in [1.807, 2.05) is 43.3 Å². The molecule has 1 aliphatic carbocycles. The summed E-state index contributed by atoms with van der Waals surface area (Å²) in [5, 5.41) is 14.7. The number of nitrogens with one attached hydrogen (secondary N) is 2. The number of hydrogen-bond acceptors (Lipinski definition) is 4. The molecule has 33 heavy (non-hydrogen) atoms. The Morgan fingerprint density at radius 3 is 1.94 bits per heavy atom. The largest absolute Gasteiger partial charge is 0.480 e. The molecule has 0 fully saturated rings. The first-order valence-corrected chi connectivity index (χ1v) is 11.4. The number of hydrogen-bond donors (Lipinski definition) is 3. The normalized spacial score (nSPS) is 15.2. The number of fused-ring (bicyclic) bond motifs is 3. The first kappa shape index (κ1) is 24.3. The van der Waals surface area contributed by atoms with E-state index in [0.29, 0.717) is 6.42 Å². The standard InChI is InChI=1S/C26H32N2O5/c1-5-16(4)23(25(30)31)27-24(29)22(15(2)3)28-26(32)33-14-21-19-12-8-6-10-17(19)18-11-7-9-13-20(18)21/h6-13,15-16,21-23H,5,14H2,1-4H3,(H,27,29)(H,28,32)(H,30,31)/t16?,22?,23-/m0/s1. The van der Waals surface area contributed by atoms with Crippen molar-refractivity contribution in [3.05, 3.63) is 59.7 Å². The van der Waals surface area contributed by atoms with Crippen LogP contribution in [0.2, 0.25) is 0 Å². The molecule has 2 amide bonds. The third-order valence-corrected chi connectivity index (χ3v) is 6.34. The highest BCUT2D eigenvalue weighted by Gasteiger charge is 2.32. The van der Waals surface area contributed by atoms with Crippen LogP contribution in [0.5, 0.6) is 0 Å². The Kier molecular flexibility index (Phi) is 7.74. The van der Waals surface area contributed by atoms with Crippen molar-refractivity contribution in [1.29, 1.82) is 0 Å². The summed E-state index contributed by atoms with van der Waals surface area (Å²) in [7, 11) is 0. The Morgan fingerprint density at radius 2 is 1.45 bits per heavy atom. The van der Waals surface area contributed by atoms with E-state index in [2.05, 4.69) is 22.8 Å². The molecule has 1 aliphatic rings. The lowest BCUT2D eigenvalue weighted by Gasteiger charge is -2.26. The van der Waals surface area contributed by atoms with Crippen LogP contribution in [0.15, 0.2) is 48.5 Å². The second-order valence-corrected chi connectivity index (χ2v) is 8.90. The molecule has 2 aromatic rings. The average molecular weight is 453 g/mol. The molecule has 0 saturated carbocycles. The van der Waals surface area contributed by atoms with Crippen molar-refractivity contribution in [3.63, 3.8) is 0 Å². The van der Waals surface area contributed by atoms with Crippen LogP contribution in [0.4, 0.5) is 4.79 Å². The number of benzene rings is 2. The summed E-state index contributed by atoms with van der Waals surface area (Å²) >= 11 is 0. The predicted molar refractivity (Wildman–Crippen MR) is 126 cm³/mol. The minimum Gasteiger partial charge on any atom is -0.480 e. The van der Waals surface area contributed by atoms with Crippen molar-refractivity contribution in [2.24, 2.45) is 11.8 Å². The third kappa shape index (κ3) is 5.35. The summed E-state index contributed by atoms with van der Waals surface area (Å²) in [5.74, 6) is -2.21. The third-order valence-electron chi connectivity index (χ3n) is 6.34. The fraction of sp³-hybridized carbons (Fsp3) is 0.423. The summed E-state index contributed by atoms with van der Waals surface area (Å²) in [6.07, 6.45) is -0.107. The molecule has 0 aliphatic heterocycles. The number of carbonyl (C=O) groups excluding carboxylic acids is 2. The average Bonchev–Trinajstić information content (AvgIpc) is 3.12. The van der Waals surface area contributed by atoms with Crippen LogP contribution in [-0.2, 0) is 14.3 Å². The van der Waals surface area contributed by atoms with Gasteiger partial charge in [0, 0.05) is 5.92 Å². The lowest BCUT2D eigenvalue weighted by molar-refractivity contribution is -0.143. The molecule has 0 saturated heterocycles. The van der Waals surface area contributed by atoms with Gasteiger partial charge < -0.3 is 20.5 Å². The van der Waals surface area contributed by atoms with E-state index in [4.69, 9.17) is 4.74 Å². The van der Waals surface area contributed by atoms with Gasteiger partial charge in [-0.25, -0.2) is 9.59 Å². The molecule has 0 spiro atoms. The smallest absolute Gasteiger partial charge is 0.407 e. The Balaban J connectivity index is 1.66. The Labute approximate surface area is 194 Å². The van der Waals surface area contributed by atoms with Crippen molar-refractivity contribution in [3.8, 4) is 11.1 Å². The van der Waals surface area contributed by atoms with Crippen molar-refractivity contribution in [1.82, 2.24) is 10.6 Å². The molecule has 7 nitrogen and oxygen atoms in total. The molecule has 0 aromatic heterocycles. The van der Waals surface area contributed by atoms with Crippen LogP contribution in [0.25, 0.3) is 11.1 Å². The summed E-state index contributed by atoms with van der Waals surface area (Å²) in [5.41, 5.74) is 4.46. The van der Waals surface area contributed by atoms with E-state index < -0.39 is 30.1 Å². The highest BCUT2D eigenvalue weighted by atomic mass is 16.5. The molecular formula is C26H32N2O5. The van der Waals surface area contributed by atoms with Crippen LogP contribution < -0.4 is 10.6 Å². The maximum Gasteiger partial charge on any atom is 0.407 e. The highest BCUT2D eigenvalue weighted by molar-refractivity contribution is 5.89. The van der Waals surface area contributed by atoms with Gasteiger partial charge in [0.25, 0.3) is 0 Å². The Hall–Kier alpha value is -3.35. The van der Waals surface area contributed by atoms with Crippen molar-refractivity contribution in [2.75, 3.05) is 6.61 Å². The van der Waals surface area contributed by atoms with Gasteiger partial charge >= 0.3 is 12.1 Å². The summed E-state index contributed by atoms with van der Waals surface area (Å²) < 4.78 is 5.55. The van der Waals surface area contributed by atoms with Crippen LogP contribution in [0.1, 0.15) is 51.2 Å². The van der Waals surface area contributed by atoms with Gasteiger partial charge in [0.1, 0.15) is 18.7 Å². The Morgan fingerprint density at radius 1 is 0.909 bits per heavy atom. The lowest BCUT2D eigenvalue weighted by Crippen LogP contribution is -2.55. The summed E-state index contributed by atoms with van der Waals surface area (Å²) in [4.78, 5) is 37.0. The number of carboxylic acid groups (broad SMARTS) is 1. The molecule has 0 bridgehead atoms. The van der Waals surface area contributed by atoms with Gasteiger partial charge in [-0.1, -0.05) is 82.6 Å². The number of rotatable bonds is 9. The van der Waals surface area contributed by atoms with Crippen LogP contribution in [0.3, 0.4) is 0 Å². The molecule has 0 heterocycles.